The van der Waals surface area contributed by atoms with E-state index >= 15 is 0 Å². The van der Waals surface area contributed by atoms with Crippen molar-refractivity contribution in [2.24, 2.45) is 0 Å². The first kappa shape index (κ1) is 7.52. The molecule has 3 heteroatoms. The average Bonchev–Trinajstić information content (AvgIpc) is 2.05. The van der Waals surface area contributed by atoms with Gasteiger partial charge < -0.3 is 14.9 Å². The van der Waals surface area contributed by atoms with Crippen LogP contribution in [0.5, 0.6) is 0 Å². The standard InChI is InChI=1S/C7H12N2O/c1-6(8-2)7-5-9-3-4-10-7/h6-7,9H,3-5H2,1H3. The number of hydrogen-bond acceptors (Lipinski definition) is 2. The SMILES string of the molecule is [C-]#[N+]C(C)C1CNCCO1. The molecule has 0 radical (unpaired) electrons. The summed E-state index contributed by atoms with van der Waals surface area (Å²) in [6, 6.07) is -0.00667. The fourth-order valence-electron chi connectivity index (χ4n) is 0.979. The maximum Gasteiger partial charge on any atom is 0.247 e. The van der Waals surface area contributed by atoms with E-state index in [9.17, 15) is 0 Å². The molecule has 0 aliphatic carbocycles. The highest BCUT2D eigenvalue weighted by Crippen LogP contribution is 2.04. The van der Waals surface area contributed by atoms with Gasteiger partial charge in [-0.3, -0.25) is 0 Å². The van der Waals surface area contributed by atoms with Gasteiger partial charge in [-0.05, 0) is 0 Å². The Kier molecular flexibility index (Phi) is 2.67. The molecule has 10 heavy (non-hydrogen) atoms. The van der Waals surface area contributed by atoms with Crippen LogP contribution in [0.2, 0.25) is 0 Å². The zero-order valence-corrected chi connectivity index (χ0v) is 6.13. The predicted octanol–water partition coefficient (Wildman–Crippen LogP) is 0.283. The van der Waals surface area contributed by atoms with Gasteiger partial charge >= 0.3 is 0 Å². The van der Waals surface area contributed by atoms with E-state index in [0.29, 0.717) is 0 Å². The zero-order chi connectivity index (χ0) is 7.40. The molecule has 0 spiro atoms. The van der Waals surface area contributed by atoms with E-state index in [1.165, 1.54) is 0 Å². The van der Waals surface area contributed by atoms with Gasteiger partial charge in [0.2, 0.25) is 6.04 Å². The fourth-order valence-corrected chi connectivity index (χ4v) is 0.979. The normalized spacial score (nSPS) is 29.0. The van der Waals surface area contributed by atoms with Crippen molar-refractivity contribution in [1.29, 1.82) is 0 Å². The van der Waals surface area contributed by atoms with Crippen molar-refractivity contribution in [2.75, 3.05) is 19.7 Å². The van der Waals surface area contributed by atoms with Gasteiger partial charge in [0.05, 0.1) is 6.61 Å². The Labute approximate surface area is 61.2 Å². The van der Waals surface area contributed by atoms with E-state index in [4.69, 9.17) is 11.3 Å². The number of hydrogen-bond donors (Lipinski definition) is 1. The summed E-state index contributed by atoms with van der Waals surface area (Å²) < 4.78 is 5.35. The molecule has 1 N–H and O–H groups in total. The molecule has 2 atom stereocenters. The van der Waals surface area contributed by atoms with Gasteiger partial charge in [-0.25, -0.2) is 6.57 Å². The average molecular weight is 140 g/mol. The first-order valence-corrected chi connectivity index (χ1v) is 3.53. The second-order valence-electron chi connectivity index (χ2n) is 2.48. The summed E-state index contributed by atoms with van der Waals surface area (Å²) >= 11 is 0. The molecule has 1 fully saturated rings. The lowest BCUT2D eigenvalue weighted by atomic mass is 10.2. The summed E-state index contributed by atoms with van der Waals surface area (Å²) in [4.78, 5) is 3.40. The molecular weight excluding hydrogens is 128 g/mol. The quantitative estimate of drug-likeness (QED) is 0.529. The van der Waals surface area contributed by atoms with E-state index in [0.717, 1.165) is 19.7 Å². The highest BCUT2D eigenvalue weighted by atomic mass is 16.5. The lowest BCUT2D eigenvalue weighted by Gasteiger charge is -2.22. The maximum absolute atomic E-state index is 6.76. The van der Waals surface area contributed by atoms with Gasteiger partial charge in [0.15, 0.2) is 0 Å². The van der Waals surface area contributed by atoms with Crippen molar-refractivity contribution >= 4 is 0 Å². The molecule has 0 bridgehead atoms. The third-order valence-corrected chi connectivity index (χ3v) is 1.70. The fraction of sp³-hybridized carbons (Fsp3) is 0.857. The van der Waals surface area contributed by atoms with E-state index in [2.05, 4.69) is 10.2 Å². The Balaban J connectivity index is 2.33. The molecular formula is C7H12N2O. The third-order valence-electron chi connectivity index (χ3n) is 1.70. The van der Waals surface area contributed by atoms with E-state index in [1.54, 1.807) is 0 Å². The third kappa shape index (κ3) is 1.69. The van der Waals surface area contributed by atoms with Crippen molar-refractivity contribution in [3.05, 3.63) is 11.4 Å². The van der Waals surface area contributed by atoms with Crippen molar-refractivity contribution < 1.29 is 4.74 Å². The Morgan fingerprint density at radius 2 is 2.60 bits per heavy atom. The number of rotatable bonds is 1. The highest BCUT2D eigenvalue weighted by molar-refractivity contribution is 4.85. The maximum atomic E-state index is 6.76. The molecule has 1 saturated heterocycles. The molecule has 0 aromatic heterocycles. The van der Waals surface area contributed by atoms with Gasteiger partial charge in [-0.2, -0.15) is 0 Å². The topological polar surface area (TPSA) is 25.6 Å². The molecule has 0 aromatic carbocycles. The second kappa shape index (κ2) is 3.55. The highest BCUT2D eigenvalue weighted by Gasteiger charge is 2.23. The van der Waals surface area contributed by atoms with Crippen LogP contribution in [0.15, 0.2) is 0 Å². The van der Waals surface area contributed by atoms with E-state index in [1.807, 2.05) is 6.92 Å². The molecule has 1 heterocycles. The van der Waals surface area contributed by atoms with Crippen LogP contribution in [0.1, 0.15) is 6.92 Å². The largest absolute Gasteiger partial charge is 0.367 e. The summed E-state index contributed by atoms with van der Waals surface area (Å²) in [5.41, 5.74) is 0. The molecule has 0 saturated carbocycles. The van der Waals surface area contributed by atoms with Crippen LogP contribution in [0, 0.1) is 6.57 Å². The summed E-state index contributed by atoms with van der Waals surface area (Å²) in [5, 5.41) is 3.18. The first-order valence-electron chi connectivity index (χ1n) is 3.53. The van der Waals surface area contributed by atoms with Crippen molar-refractivity contribution in [2.45, 2.75) is 19.1 Å². The van der Waals surface area contributed by atoms with Gasteiger partial charge in [0.1, 0.15) is 6.10 Å². The van der Waals surface area contributed by atoms with Crippen LogP contribution in [-0.2, 0) is 4.74 Å². The second-order valence-corrected chi connectivity index (χ2v) is 2.48. The summed E-state index contributed by atoms with van der Waals surface area (Å²) in [5.74, 6) is 0. The Hall–Kier alpha value is -0.590. The van der Waals surface area contributed by atoms with Gasteiger partial charge in [0, 0.05) is 20.0 Å². The minimum Gasteiger partial charge on any atom is -0.367 e. The van der Waals surface area contributed by atoms with Crippen molar-refractivity contribution in [3.8, 4) is 0 Å². The van der Waals surface area contributed by atoms with Gasteiger partial charge in [-0.15, -0.1) is 0 Å². The van der Waals surface area contributed by atoms with E-state index < -0.39 is 0 Å². The molecule has 0 amide bonds. The van der Waals surface area contributed by atoms with Crippen molar-refractivity contribution in [3.63, 3.8) is 0 Å². The predicted molar refractivity (Wildman–Crippen MR) is 38.7 cm³/mol. The van der Waals surface area contributed by atoms with Crippen LogP contribution < -0.4 is 5.32 Å². The monoisotopic (exact) mass is 140 g/mol. The van der Waals surface area contributed by atoms with Crippen LogP contribution in [-0.4, -0.2) is 31.8 Å². The van der Waals surface area contributed by atoms with Crippen molar-refractivity contribution in [1.82, 2.24) is 5.32 Å². The summed E-state index contributed by atoms with van der Waals surface area (Å²) in [7, 11) is 0. The van der Waals surface area contributed by atoms with Gasteiger partial charge in [0.25, 0.3) is 0 Å². The minimum absolute atomic E-state index is 0.00667. The lowest BCUT2D eigenvalue weighted by molar-refractivity contribution is 0.0230. The molecule has 0 aromatic rings. The number of nitrogens with zero attached hydrogens (tertiary/aromatic N) is 1. The Morgan fingerprint density at radius 1 is 1.80 bits per heavy atom. The van der Waals surface area contributed by atoms with Crippen LogP contribution in [0.3, 0.4) is 0 Å². The van der Waals surface area contributed by atoms with Crippen LogP contribution in [0.25, 0.3) is 4.85 Å². The zero-order valence-electron chi connectivity index (χ0n) is 6.13. The molecule has 1 aliphatic heterocycles. The molecule has 1 rings (SSSR count). The smallest absolute Gasteiger partial charge is 0.247 e. The first-order chi connectivity index (χ1) is 4.84. The Morgan fingerprint density at radius 3 is 3.10 bits per heavy atom. The molecule has 3 nitrogen and oxygen atoms in total. The minimum atomic E-state index is -0.00667. The lowest BCUT2D eigenvalue weighted by Crippen LogP contribution is -2.43. The number of morpholine rings is 1. The Bertz CT molecular complexity index is 135. The molecule has 56 valence electrons. The van der Waals surface area contributed by atoms with Crippen LogP contribution in [0.4, 0.5) is 0 Å². The summed E-state index contributed by atoms with van der Waals surface area (Å²) in [6.07, 6.45) is 0.103. The van der Waals surface area contributed by atoms with Gasteiger partial charge in [-0.1, -0.05) is 0 Å². The van der Waals surface area contributed by atoms with Crippen LogP contribution >= 0.6 is 0 Å². The summed E-state index contributed by atoms with van der Waals surface area (Å²) in [6.45, 7) is 11.1. The number of nitrogens with one attached hydrogen (secondary N) is 1. The number of ether oxygens (including phenoxy) is 1. The molecule has 2 unspecified atom stereocenters. The molecule has 1 aliphatic rings. The van der Waals surface area contributed by atoms with E-state index in [-0.39, 0.29) is 12.1 Å².